The second-order valence-electron chi connectivity index (χ2n) is 6.17. The number of piperidine rings is 1. The van der Waals surface area contributed by atoms with E-state index in [4.69, 9.17) is 4.42 Å². The number of carbonyl (C=O) groups excluding carboxylic acids is 1. The standard InChI is InChI=1S/C17H24N4O2S/c1-3-13(4-2)18-17(22)21-9-5-7-12(11-21)15-19-20-16(23-15)14-8-6-10-24-14/h6,8,10,12-13H,3-5,7,9,11H2,1-2H3,(H,18,22). The fourth-order valence-corrected chi connectivity index (χ4v) is 3.67. The average molecular weight is 348 g/mol. The van der Waals surface area contributed by atoms with E-state index in [0.29, 0.717) is 18.3 Å². The smallest absolute Gasteiger partial charge is 0.317 e. The summed E-state index contributed by atoms with van der Waals surface area (Å²) in [5.41, 5.74) is 0. The molecule has 1 fully saturated rings. The predicted octanol–water partition coefficient (Wildman–Crippen LogP) is 3.88. The second-order valence-corrected chi connectivity index (χ2v) is 7.12. The highest BCUT2D eigenvalue weighted by Crippen LogP contribution is 2.30. The number of nitrogens with one attached hydrogen (secondary N) is 1. The molecule has 1 atom stereocenters. The van der Waals surface area contributed by atoms with Gasteiger partial charge in [-0.05, 0) is 37.1 Å². The van der Waals surface area contributed by atoms with E-state index in [-0.39, 0.29) is 18.0 Å². The van der Waals surface area contributed by atoms with Crippen molar-refractivity contribution in [1.29, 1.82) is 0 Å². The first-order valence-corrected chi connectivity index (χ1v) is 9.52. The summed E-state index contributed by atoms with van der Waals surface area (Å²) in [6.07, 6.45) is 3.83. The molecule has 7 heteroatoms. The number of urea groups is 1. The Bertz CT molecular complexity index is 651. The normalized spacial score (nSPS) is 18.1. The number of carbonyl (C=O) groups is 1. The van der Waals surface area contributed by atoms with E-state index in [0.717, 1.165) is 37.1 Å². The molecule has 0 spiro atoms. The molecule has 3 heterocycles. The molecule has 2 aromatic heterocycles. The van der Waals surface area contributed by atoms with E-state index in [9.17, 15) is 4.79 Å². The zero-order valence-corrected chi connectivity index (χ0v) is 15.0. The summed E-state index contributed by atoms with van der Waals surface area (Å²) in [4.78, 5) is 15.3. The summed E-state index contributed by atoms with van der Waals surface area (Å²) in [6, 6.07) is 4.20. The minimum absolute atomic E-state index is 0.0198. The van der Waals surface area contributed by atoms with Gasteiger partial charge in [-0.25, -0.2) is 4.79 Å². The van der Waals surface area contributed by atoms with Crippen molar-refractivity contribution in [3.05, 3.63) is 23.4 Å². The highest BCUT2D eigenvalue weighted by atomic mass is 32.1. The zero-order valence-electron chi connectivity index (χ0n) is 14.2. The summed E-state index contributed by atoms with van der Waals surface area (Å²) in [5, 5.41) is 13.5. The van der Waals surface area contributed by atoms with Gasteiger partial charge in [-0.2, -0.15) is 0 Å². The SMILES string of the molecule is CCC(CC)NC(=O)N1CCCC(c2nnc(-c3cccs3)o2)C1. The summed E-state index contributed by atoms with van der Waals surface area (Å²) in [7, 11) is 0. The summed E-state index contributed by atoms with van der Waals surface area (Å²) >= 11 is 1.58. The van der Waals surface area contributed by atoms with Crippen molar-refractivity contribution in [1.82, 2.24) is 20.4 Å². The second kappa shape index (κ2) is 7.79. The number of hydrogen-bond acceptors (Lipinski definition) is 5. The summed E-state index contributed by atoms with van der Waals surface area (Å²) in [5.74, 6) is 1.32. The van der Waals surface area contributed by atoms with Crippen LogP contribution < -0.4 is 5.32 Å². The molecule has 24 heavy (non-hydrogen) atoms. The molecule has 130 valence electrons. The van der Waals surface area contributed by atoms with Gasteiger partial charge in [0.05, 0.1) is 10.8 Å². The molecule has 0 radical (unpaired) electrons. The first-order chi connectivity index (χ1) is 11.7. The lowest BCUT2D eigenvalue weighted by atomic mass is 9.98. The molecule has 1 aliphatic heterocycles. The Kier molecular flexibility index (Phi) is 5.50. The highest BCUT2D eigenvalue weighted by Gasteiger charge is 2.29. The topological polar surface area (TPSA) is 71.3 Å². The molecule has 0 bridgehead atoms. The van der Waals surface area contributed by atoms with Crippen molar-refractivity contribution in [3.63, 3.8) is 0 Å². The number of amides is 2. The van der Waals surface area contributed by atoms with E-state index in [1.165, 1.54) is 0 Å². The van der Waals surface area contributed by atoms with Gasteiger partial charge in [-0.3, -0.25) is 0 Å². The molecular formula is C17H24N4O2S. The van der Waals surface area contributed by atoms with Crippen molar-refractivity contribution >= 4 is 17.4 Å². The molecular weight excluding hydrogens is 324 g/mol. The number of likely N-dealkylation sites (tertiary alicyclic amines) is 1. The van der Waals surface area contributed by atoms with Crippen LogP contribution in [0.3, 0.4) is 0 Å². The van der Waals surface area contributed by atoms with Crippen LogP contribution in [0.1, 0.15) is 51.3 Å². The predicted molar refractivity (Wildman–Crippen MR) is 94.1 cm³/mol. The van der Waals surface area contributed by atoms with E-state index >= 15 is 0 Å². The zero-order chi connectivity index (χ0) is 16.9. The minimum Gasteiger partial charge on any atom is -0.420 e. The Balaban J connectivity index is 1.64. The third kappa shape index (κ3) is 3.77. The maximum absolute atomic E-state index is 12.4. The van der Waals surface area contributed by atoms with Gasteiger partial charge >= 0.3 is 6.03 Å². The first-order valence-electron chi connectivity index (χ1n) is 8.64. The maximum Gasteiger partial charge on any atom is 0.317 e. The van der Waals surface area contributed by atoms with Crippen LogP contribution >= 0.6 is 11.3 Å². The molecule has 2 aromatic rings. The minimum atomic E-state index is 0.0198. The number of rotatable bonds is 5. The molecule has 2 amide bonds. The van der Waals surface area contributed by atoms with Gasteiger partial charge in [0.25, 0.3) is 5.89 Å². The van der Waals surface area contributed by atoms with Gasteiger partial charge in [-0.15, -0.1) is 21.5 Å². The molecule has 6 nitrogen and oxygen atoms in total. The molecule has 1 N–H and O–H groups in total. The third-order valence-corrected chi connectivity index (χ3v) is 5.40. The molecule has 3 rings (SSSR count). The lowest BCUT2D eigenvalue weighted by Gasteiger charge is -2.32. The Morgan fingerprint density at radius 3 is 3.00 bits per heavy atom. The van der Waals surface area contributed by atoms with Crippen molar-refractivity contribution in [2.24, 2.45) is 0 Å². The van der Waals surface area contributed by atoms with Crippen LogP contribution in [0.25, 0.3) is 10.8 Å². The van der Waals surface area contributed by atoms with Crippen LogP contribution in [0.15, 0.2) is 21.9 Å². The van der Waals surface area contributed by atoms with Crippen molar-refractivity contribution < 1.29 is 9.21 Å². The molecule has 0 saturated carbocycles. The first kappa shape index (κ1) is 17.0. The summed E-state index contributed by atoms with van der Waals surface area (Å²) < 4.78 is 5.85. The van der Waals surface area contributed by atoms with Crippen molar-refractivity contribution in [2.75, 3.05) is 13.1 Å². The van der Waals surface area contributed by atoms with Crippen molar-refractivity contribution in [2.45, 2.75) is 51.5 Å². The molecule has 1 aliphatic rings. The largest absolute Gasteiger partial charge is 0.420 e. The van der Waals surface area contributed by atoms with Gasteiger partial charge < -0.3 is 14.6 Å². The van der Waals surface area contributed by atoms with Gasteiger partial charge in [0, 0.05) is 19.1 Å². The van der Waals surface area contributed by atoms with Crippen LogP contribution in [-0.4, -0.2) is 40.3 Å². The molecule has 1 saturated heterocycles. The fourth-order valence-electron chi connectivity index (χ4n) is 3.02. The molecule has 0 aromatic carbocycles. The van der Waals surface area contributed by atoms with E-state index < -0.39 is 0 Å². The Hall–Kier alpha value is -1.89. The lowest BCUT2D eigenvalue weighted by Crippen LogP contribution is -2.48. The Morgan fingerprint density at radius 2 is 2.29 bits per heavy atom. The number of hydrogen-bond donors (Lipinski definition) is 1. The van der Waals surface area contributed by atoms with Gasteiger partial charge in [0.2, 0.25) is 5.89 Å². The van der Waals surface area contributed by atoms with Crippen LogP contribution in [0.2, 0.25) is 0 Å². The molecule has 0 aliphatic carbocycles. The van der Waals surface area contributed by atoms with Crippen molar-refractivity contribution in [3.8, 4) is 10.8 Å². The highest BCUT2D eigenvalue weighted by molar-refractivity contribution is 7.13. The third-order valence-electron chi connectivity index (χ3n) is 4.54. The Labute approximate surface area is 146 Å². The van der Waals surface area contributed by atoms with E-state index in [1.54, 1.807) is 11.3 Å². The quantitative estimate of drug-likeness (QED) is 0.890. The van der Waals surface area contributed by atoms with Crippen LogP contribution in [0.5, 0.6) is 0 Å². The molecule has 1 unspecified atom stereocenters. The number of aromatic nitrogens is 2. The lowest BCUT2D eigenvalue weighted by molar-refractivity contribution is 0.170. The van der Waals surface area contributed by atoms with Crippen LogP contribution in [0, 0.1) is 0 Å². The van der Waals surface area contributed by atoms with Crippen LogP contribution in [0.4, 0.5) is 4.79 Å². The van der Waals surface area contributed by atoms with Gasteiger partial charge in [-0.1, -0.05) is 19.9 Å². The fraction of sp³-hybridized carbons (Fsp3) is 0.588. The maximum atomic E-state index is 12.4. The van der Waals surface area contributed by atoms with E-state index in [1.807, 2.05) is 22.4 Å². The van der Waals surface area contributed by atoms with Gasteiger partial charge in [0.1, 0.15) is 0 Å². The number of nitrogens with zero attached hydrogens (tertiary/aromatic N) is 3. The summed E-state index contributed by atoms with van der Waals surface area (Å²) in [6.45, 7) is 5.61. The van der Waals surface area contributed by atoms with E-state index in [2.05, 4.69) is 29.4 Å². The Morgan fingerprint density at radius 1 is 1.46 bits per heavy atom. The number of thiophene rings is 1. The van der Waals surface area contributed by atoms with Crippen LogP contribution in [-0.2, 0) is 0 Å². The van der Waals surface area contributed by atoms with Gasteiger partial charge in [0.15, 0.2) is 0 Å². The average Bonchev–Trinajstić information content (AvgIpc) is 3.30. The monoisotopic (exact) mass is 348 g/mol.